The number of sulfone groups is 1. The monoisotopic (exact) mass is 305 g/mol. The molecule has 0 radical (unpaired) electrons. The molecule has 1 amide bonds. The van der Waals surface area contributed by atoms with E-state index in [1.807, 2.05) is 0 Å². The second kappa shape index (κ2) is 5.68. The Bertz CT molecular complexity index is 408. The van der Waals surface area contributed by atoms with Gasteiger partial charge in [0, 0.05) is 12.6 Å². The molecule has 1 atom stereocenters. The van der Waals surface area contributed by atoms with Gasteiger partial charge in [0.1, 0.15) is 0 Å². The van der Waals surface area contributed by atoms with Gasteiger partial charge < -0.3 is 4.90 Å². The van der Waals surface area contributed by atoms with Crippen molar-refractivity contribution in [2.45, 2.75) is 24.9 Å². The maximum absolute atomic E-state index is 12.0. The molecular formula is C9H14F3NO3S2. The molecule has 1 fully saturated rings. The molecule has 1 aliphatic rings. The van der Waals surface area contributed by atoms with Crippen molar-refractivity contribution in [1.82, 2.24) is 4.90 Å². The molecule has 1 aliphatic heterocycles. The molecule has 0 aliphatic carbocycles. The van der Waals surface area contributed by atoms with Gasteiger partial charge in [0.15, 0.2) is 9.84 Å². The Balaban J connectivity index is 2.59. The number of thioether (sulfide) groups is 1. The van der Waals surface area contributed by atoms with Gasteiger partial charge in [0.05, 0.1) is 17.3 Å². The van der Waals surface area contributed by atoms with Crippen LogP contribution in [0.25, 0.3) is 0 Å². The van der Waals surface area contributed by atoms with E-state index >= 15 is 0 Å². The molecule has 0 aromatic rings. The number of carbonyl (C=O) groups is 1. The van der Waals surface area contributed by atoms with Crippen molar-refractivity contribution < 1.29 is 26.4 Å². The van der Waals surface area contributed by atoms with Crippen molar-refractivity contribution in [3.05, 3.63) is 0 Å². The standard InChI is InChI=1S/C9H14F3NO3S2/c1-2-13(7-3-4-18(15,16)6-7)8(14)5-17-9(10,11)12/h7H,2-6H2,1H3/t7-/m0/s1. The lowest BCUT2D eigenvalue weighted by Gasteiger charge is -2.26. The molecule has 0 unspecified atom stereocenters. The average molecular weight is 305 g/mol. The summed E-state index contributed by atoms with van der Waals surface area (Å²) in [5.41, 5.74) is -4.45. The van der Waals surface area contributed by atoms with Crippen LogP contribution in [0.2, 0.25) is 0 Å². The molecule has 9 heteroatoms. The van der Waals surface area contributed by atoms with Gasteiger partial charge >= 0.3 is 5.51 Å². The van der Waals surface area contributed by atoms with E-state index in [1.54, 1.807) is 6.92 Å². The van der Waals surface area contributed by atoms with Crippen LogP contribution in [0, 0.1) is 0 Å². The van der Waals surface area contributed by atoms with Crippen LogP contribution in [-0.2, 0) is 14.6 Å². The zero-order chi connectivity index (χ0) is 14.0. The number of rotatable bonds is 4. The maximum atomic E-state index is 12.0. The first-order chi connectivity index (χ1) is 8.14. The van der Waals surface area contributed by atoms with Crippen LogP contribution < -0.4 is 0 Å². The Morgan fingerprint density at radius 3 is 2.44 bits per heavy atom. The van der Waals surface area contributed by atoms with Crippen molar-refractivity contribution in [3.63, 3.8) is 0 Å². The number of nitrogens with zero attached hydrogens (tertiary/aromatic N) is 1. The molecule has 0 N–H and O–H groups in total. The third-order valence-electron chi connectivity index (χ3n) is 2.67. The highest BCUT2D eigenvalue weighted by molar-refractivity contribution is 8.00. The maximum Gasteiger partial charge on any atom is 0.442 e. The summed E-state index contributed by atoms with van der Waals surface area (Å²) in [6, 6.07) is -0.485. The van der Waals surface area contributed by atoms with Crippen LogP contribution in [0.4, 0.5) is 13.2 Å². The first-order valence-electron chi connectivity index (χ1n) is 5.35. The largest absolute Gasteiger partial charge is 0.442 e. The third-order valence-corrected chi connectivity index (χ3v) is 5.14. The van der Waals surface area contributed by atoms with Crippen LogP contribution in [0.15, 0.2) is 0 Å². The van der Waals surface area contributed by atoms with Crippen LogP contribution >= 0.6 is 11.8 Å². The third kappa shape index (κ3) is 4.68. The smallest absolute Gasteiger partial charge is 0.338 e. The zero-order valence-electron chi connectivity index (χ0n) is 9.74. The van der Waals surface area contributed by atoms with Gasteiger partial charge in [-0.05, 0) is 25.1 Å². The Labute approximate surface area is 108 Å². The number of alkyl halides is 3. The Morgan fingerprint density at radius 1 is 1.44 bits per heavy atom. The van der Waals surface area contributed by atoms with E-state index in [0.717, 1.165) is 0 Å². The second-order valence-corrected chi connectivity index (χ2v) is 7.24. The summed E-state index contributed by atoms with van der Waals surface area (Å²) >= 11 is -0.397. The van der Waals surface area contributed by atoms with E-state index in [0.29, 0.717) is 6.42 Å². The Morgan fingerprint density at radius 2 is 2.06 bits per heavy atom. The molecule has 0 saturated carbocycles. The van der Waals surface area contributed by atoms with Crippen molar-refractivity contribution in [2.75, 3.05) is 23.8 Å². The quantitative estimate of drug-likeness (QED) is 0.785. The second-order valence-electron chi connectivity index (χ2n) is 3.97. The van der Waals surface area contributed by atoms with Crippen molar-refractivity contribution in [2.24, 2.45) is 0 Å². The summed E-state index contributed by atoms with van der Waals surface area (Å²) in [6.07, 6.45) is 0.304. The normalized spacial score (nSPS) is 23.0. The Hall–Kier alpha value is -0.440. The highest BCUT2D eigenvalue weighted by Crippen LogP contribution is 2.30. The fourth-order valence-corrected chi connectivity index (χ4v) is 4.07. The van der Waals surface area contributed by atoms with E-state index in [9.17, 15) is 26.4 Å². The molecule has 0 aromatic heterocycles. The fraction of sp³-hybridized carbons (Fsp3) is 0.889. The summed E-state index contributed by atoms with van der Waals surface area (Å²) in [6.45, 7) is 1.85. The SMILES string of the molecule is CCN(C(=O)CSC(F)(F)F)[C@H]1CCS(=O)(=O)C1. The summed E-state index contributed by atoms with van der Waals surface area (Å²) < 4.78 is 58.5. The molecular weight excluding hydrogens is 291 g/mol. The zero-order valence-corrected chi connectivity index (χ0v) is 11.4. The number of hydrogen-bond donors (Lipinski definition) is 0. The molecule has 106 valence electrons. The molecule has 0 aromatic carbocycles. The van der Waals surface area contributed by atoms with Crippen molar-refractivity contribution >= 4 is 27.5 Å². The lowest BCUT2D eigenvalue weighted by atomic mass is 10.2. The average Bonchev–Trinajstić information content (AvgIpc) is 2.56. The van der Waals surface area contributed by atoms with Crippen LogP contribution in [0.3, 0.4) is 0 Å². The fourth-order valence-electron chi connectivity index (χ4n) is 1.89. The van der Waals surface area contributed by atoms with Crippen molar-refractivity contribution in [1.29, 1.82) is 0 Å². The highest BCUT2D eigenvalue weighted by Gasteiger charge is 2.35. The van der Waals surface area contributed by atoms with E-state index in [4.69, 9.17) is 0 Å². The minimum atomic E-state index is -4.45. The number of carbonyl (C=O) groups excluding carboxylic acids is 1. The summed E-state index contributed by atoms with van der Waals surface area (Å²) in [5.74, 6) is -1.52. The molecule has 1 rings (SSSR count). The van der Waals surface area contributed by atoms with Crippen LogP contribution in [-0.4, -0.2) is 54.6 Å². The van der Waals surface area contributed by atoms with Gasteiger partial charge in [-0.1, -0.05) is 0 Å². The number of hydrogen-bond acceptors (Lipinski definition) is 4. The molecule has 1 heterocycles. The van der Waals surface area contributed by atoms with Gasteiger partial charge in [-0.2, -0.15) is 13.2 Å². The molecule has 4 nitrogen and oxygen atoms in total. The van der Waals surface area contributed by atoms with Crippen molar-refractivity contribution in [3.8, 4) is 0 Å². The predicted molar refractivity (Wildman–Crippen MR) is 63.0 cm³/mol. The van der Waals surface area contributed by atoms with Gasteiger partial charge in [0.25, 0.3) is 0 Å². The lowest BCUT2D eigenvalue weighted by Crippen LogP contribution is -2.42. The van der Waals surface area contributed by atoms with Gasteiger partial charge in [-0.15, -0.1) is 0 Å². The topological polar surface area (TPSA) is 54.5 Å². The first-order valence-corrected chi connectivity index (χ1v) is 8.16. The number of halogens is 3. The molecule has 0 bridgehead atoms. The summed E-state index contributed by atoms with van der Waals surface area (Å²) in [7, 11) is -3.15. The molecule has 0 spiro atoms. The minimum absolute atomic E-state index is 0.00609. The number of amides is 1. The van der Waals surface area contributed by atoms with Gasteiger partial charge in [-0.3, -0.25) is 4.79 Å². The van der Waals surface area contributed by atoms with Gasteiger partial charge in [0.2, 0.25) is 5.91 Å². The Kier molecular flexibility index (Phi) is 4.93. The molecule has 1 saturated heterocycles. The van der Waals surface area contributed by atoms with E-state index < -0.39 is 44.8 Å². The van der Waals surface area contributed by atoms with E-state index in [1.165, 1.54) is 4.90 Å². The van der Waals surface area contributed by atoms with E-state index in [-0.39, 0.29) is 18.1 Å². The summed E-state index contributed by atoms with van der Waals surface area (Å²) in [4.78, 5) is 12.9. The highest BCUT2D eigenvalue weighted by atomic mass is 32.2. The lowest BCUT2D eigenvalue weighted by molar-refractivity contribution is -0.130. The van der Waals surface area contributed by atoms with E-state index in [2.05, 4.69) is 0 Å². The van der Waals surface area contributed by atoms with Crippen LogP contribution in [0.1, 0.15) is 13.3 Å². The minimum Gasteiger partial charge on any atom is -0.338 e. The predicted octanol–water partition coefficient (Wildman–Crippen LogP) is 1.28. The van der Waals surface area contributed by atoms with Crippen LogP contribution in [0.5, 0.6) is 0 Å². The first kappa shape index (κ1) is 15.6. The summed E-state index contributed by atoms with van der Waals surface area (Å²) in [5, 5.41) is 0. The van der Waals surface area contributed by atoms with Gasteiger partial charge in [-0.25, -0.2) is 8.42 Å². The molecule has 18 heavy (non-hydrogen) atoms.